The average Bonchev–Trinajstić information content (AvgIpc) is 2.74. The van der Waals surface area contributed by atoms with Crippen LogP contribution in [-0.2, 0) is 13.0 Å². The van der Waals surface area contributed by atoms with E-state index in [-0.39, 0.29) is 5.82 Å². The molecule has 0 spiro atoms. The molecule has 134 valence electrons. The van der Waals surface area contributed by atoms with Crippen LogP contribution in [0, 0.1) is 5.82 Å². The summed E-state index contributed by atoms with van der Waals surface area (Å²) in [6.07, 6.45) is 1.03. The molecule has 0 aliphatic rings. The third kappa shape index (κ3) is 3.36. The molecular weight excluding hydrogens is 333 g/mol. The highest BCUT2D eigenvalue weighted by Gasteiger charge is 2.10. The fourth-order valence-corrected chi connectivity index (χ4v) is 3.45. The van der Waals surface area contributed by atoms with Gasteiger partial charge in [-0.05, 0) is 45.7 Å². The van der Waals surface area contributed by atoms with Crippen molar-refractivity contribution >= 4 is 10.8 Å². The fraction of sp³-hybridized carbons (Fsp3) is 0.120. The molecule has 0 saturated carbocycles. The van der Waals surface area contributed by atoms with Crippen molar-refractivity contribution in [1.29, 1.82) is 0 Å². The van der Waals surface area contributed by atoms with E-state index in [2.05, 4.69) is 37.3 Å². The van der Waals surface area contributed by atoms with Crippen LogP contribution < -0.4 is 5.73 Å². The number of hydrogen-bond acceptors (Lipinski definition) is 1. The van der Waals surface area contributed by atoms with Crippen molar-refractivity contribution < 1.29 is 4.39 Å². The Morgan fingerprint density at radius 1 is 0.704 bits per heavy atom. The molecule has 0 atom stereocenters. The lowest BCUT2D eigenvalue weighted by Crippen LogP contribution is -1.95. The van der Waals surface area contributed by atoms with Gasteiger partial charge in [0.1, 0.15) is 5.82 Å². The molecule has 4 aromatic rings. The smallest absolute Gasteiger partial charge is 0.138 e. The van der Waals surface area contributed by atoms with Crippen LogP contribution in [0.15, 0.2) is 78.9 Å². The molecule has 0 bridgehead atoms. The maximum absolute atomic E-state index is 15.1. The van der Waals surface area contributed by atoms with Gasteiger partial charge < -0.3 is 5.73 Å². The Hall–Kier alpha value is -2.97. The molecule has 4 rings (SSSR count). The lowest BCUT2D eigenvalue weighted by molar-refractivity contribution is 0.643. The summed E-state index contributed by atoms with van der Waals surface area (Å²) in [5, 5.41) is 1.55. The van der Waals surface area contributed by atoms with Crippen molar-refractivity contribution in [3.05, 3.63) is 95.8 Å². The quantitative estimate of drug-likeness (QED) is 0.454. The molecule has 0 aromatic heterocycles. The number of rotatable bonds is 4. The molecule has 27 heavy (non-hydrogen) atoms. The van der Waals surface area contributed by atoms with Crippen LogP contribution in [0.2, 0.25) is 0 Å². The van der Waals surface area contributed by atoms with Crippen LogP contribution in [0.4, 0.5) is 4.39 Å². The first kappa shape index (κ1) is 17.4. The van der Waals surface area contributed by atoms with Gasteiger partial charge in [0, 0.05) is 17.5 Å². The van der Waals surface area contributed by atoms with Gasteiger partial charge in [0.2, 0.25) is 0 Å². The van der Waals surface area contributed by atoms with E-state index < -0.39 is 0 Å². The second-order valence-electron chi connectivity index (χ2n) is 6.81. The molecule has 0 fully saturated rings. The number of nitrogens with two attached hydrogens (primary N) is 1. The van der Waals surface area contributed by atoms with E-state index in [4.69, 9.17) is 5.73 Å². The number of aryl methyl sites for hydroxylation is 1. The summed E-state index contributed by atoms with van der Waals surface area (Å²) in [4.78, 5) is 0. The molecule has 0 aliphatic carbocycles. The molecule has 1 nitrogen and oxygen atoms in total. The lowest BCUT2D eigenvalue weighted by atomic mass is 9.96. The van der Waals surface area contributed by atoms with Gasteiger partial charge in [-0.25, -0.2) is 4.39 Å². The van der Waals surface area contributed by atoms with Gasteiger partial charge in [-0.15, -0.1) is 0 Å². The van der Waals surface area contributed by atoms with Gasteiger partial charge >= 0.3 is 0 Å². The highest BCUT2D eigenvalue weighted by atomic mass is 19.1. The first-order chi connectivity index (χ1) is 13.2. The van der Waals surface area contributed by atoms with Crippen molar-refractivity contribution in [3.63, 3.8) is 0 Å². The van der Waals surface area contributed by atoms with E-state index in [1.165, 1.54) is 5.56 Å². The zero-order valence-electron chi connectivity index (χ0n) is 15.4. The van der Waals surface area contributed by atoms with Crippen molar-refractivity contribution in [2.45, 2.75) is 19.9 Å². The molecular formula is C25H22FN. The normalized spacial score (nSPS) is 11.1. The molecule has 4 aromatic carbocycles. The van der Waals surface area contributed by atoms with Gasteiger partial charge in [-0.2, -0.15) is 0 Å². The molecule has 0 heterocycles. The average molecular weight is 355 g/mol. The van der Waals surface area contributed by atoms with E-state index in [0.29, 0.717) is 17.5 Å². The van der Waals surface area contributed by atoms with E-state index in [1.54, 1.807) is 0 Å². The van der Waals surface area contributed by atoms with E-state index in [0.717, 1.165) is 34.1 Å². The first-order valence-corrected chi connectivity index (χ1v) is 9.30. The summed E-state index contributed by atoms with van der Waals surface area (Å²) < 4.78 is 15.1. The third-order valence-electron chi connectivity index (χ3n) is 5.15. The van der Waals surface area contributed by atoms with E-state index in [1.807, 2.05) is 48.5 Å². The third-order valence-corrected chi connectivity index (χ3v) is 5.15. The second kappa shape index (κ2) is 7.34. The van der Waals surface area contributed by atoms with Gasteiger partial charge in [-0.3, -0.25) is 0 Å². The Morgan fingerprint density at radius 3 is 2.00 bits per heavy atom. The van der Waals surface area contributed by atoms with Crippen LogP contribution >= 0.6 is 0 Å². The first-order valence-electron chi connectivity index (χ1n) is 9.30. The van der Waals surface area contributed by atoms with Crippen LogP contribution in [-0.4, -0.2) is 0 Å². The maximum atomic E-state index is 15.1. The molecule has 0 amide bonds. The topological polar surface area (TPSA) is 26.0 Å². The van der Waals surface area contributed by atoms with Crippen LogP contribution in [0.3, 0.4) is 0 Å². The second-order valence-corrected chi connectivity index (χ2v) is 6.81. The number of benzene rings is 4. The number of hydrogen-bond donors (Lipinski definition) is 1. The van der Waals surface area contributed by atoms with Crippen molar-refractivity contribution in [2.24, 2.45) is 5.73 Å². The van der Waals surface area contributed by atoms with Gasteiger partial charge in [0.15, 0.2) is 0 Å². The Balaban J connectivity index is 1.75. The largest absolute Gasteiger partial charge is 0.326 e. The monoisotopic (exact) mass is 355 g/mol. The maximum Gasteiger partial charge on any atom is 0.138 e. The summed E-state index contributed by atoms with van der Waals surface area (Å²) >= 11 is 0. The Kier molecular flexibility index (Phi) is 4.74. The summed E-state index contributed by atoms with van der Waals surface area (Å²) in [5.41, 5.74) is 11.7. The predicted octanol–water partition coefficient (Wildman–Crippen LogP) is 6.33. The van der Waals surface area contributed by atoms with E-state index >= 15 is 4.39 Å². The minimum absolute atomic E-state index is 0.180. The van der Waals surface area contributed by atoms with Crippen LogP contribution in [0.25, 0.3) is 33.0 Å². The van der Waals surface area contributed by atoms with Crippen LogP contribution in [0.5, 0.6) is 0 Å². The molecule has 2 N–H and O–H groups in total. The Labute approximate surface area is 159 Å². The highest BCUT2D eigenvalue weighted by molar-refractivity contribution is 5.91. The minimum atomic E-state index is -0.180. The van der Waals surface area contributed by atoms with Gasteiger partial charge in [0.25, 0.3) is 0 Å². The van der Waals surface area contributed by atoms with Crippen LogP contribution in [0.1, 0.15) is 18.1 Å². The predicted molar refractivity (Wildman–Crippen MR) is 112 cm³/mol. The Morgan fingerprint density at radius 2 is 1.33 bits per heavy atom. The van der Waals surface area contributed by atoms with Crippen molar-refractivity contribution in [1.82, 2.24) is 0 Å². The summed E-state index contributed by atoms with van der Waals surface area (Å²) in [6, 6.07) is 26.1. The summed E-state index contributed by atoms with van der Waals surface area (Å²) in [5.74, 6) is -0.180. The number of halogens is 1. The van der Waals surface area contributed by atoms with Gasteiger partial charge in [0.05, 0.1) is 0 Å². The summed E-state index contributed by atoms with van der Waals surface area (Å²) in [7, 11) is 0. The van der Waals surface area contributed by atoms with Crippen molar-refractivity contribution in [2.75, 3.05) is 0 Å². The minimum Gasteiger partial charge on any atom is -0.326 e. The zero-order chi connectivity index (χ0) is 18.8. The Bertz CT molecular complexity index is 1080. The number of fused-ring (bicyclic) bond motifs is 1. The fourth-order valence-electron chi connectivity index (χ4n) is 3.45. The van der Waals surface area contributed by atoms with Crippen molar-refractivity contribution in [3.8, 4) is 22.3 Å². The van der Waals surface area contributed by atoms with Gasteiger partial charge in [-0.1, -0.05) is 79.7 Å². The summed E-state index contributed by atoms with van der Waals surface area (Å²) in [6.45, 7) is 2.64. The zero-order valence-corrected chi connectivity index (χ0v) is 15.4. The lowest BCUT2D eigenvalue weighted by Gasteiger charge is -2.10. The standard InChI is InChI=1S/C25H22FN/c1-2-17-3-7-19(8-4-17)21-11-13-24-22(15-21)12-14-23(25(24)26)20-9-5-18(16-27)6-10-20/h3-15H,2,16,27H2,1H3. The molecule has 0 radical (unpaired) electrons. The molecule has 0 aliphatic heterocycles. The van der Waals surface area contributed by atoms with E-state index in [9.17, 15) is 0 Å². The molecule has 2 heteroatoms. The SMILES string of the molecule is CCc1ccc(-c2ccc3c(F)c(-c4ccc(CN)cc4)ccc3c2)cc1. The molecule has 0 unspecified atom stereocenters. The highest BCUT2D eigenvalue weighted by Crippen LogP contribution is 2.32. The molecule has 0 saturated heterocycles.